The van der Waals surface area contributed by atoms with Crippen molar-refractivity contribution >= 4 is 31.9 Å². The van der Waals surface area contributed by atoms with E-state index in [4.69, 9.17) is 0 Å². The molecule has 0 saturated carbocycles. The zero-order valence-electron chi connectivity index (χ0n) is 10.8. The van der Waals surface area contributed by atoms with Gasteiger partial charge in [0.25, 0.3) is 0 Å². The molecule has 0 aliphatic heterocycles. The first kappa shape index (κ1) is 14.7. The Hall–Kier alpha value is -0.670. The van der Waals surface area contributed by atoms with E-state index in [-0.39, 0.29) is 10.6 Å². The first-order chi connectivity index (χ1) is 9.00. The second-order valence-corrected chi connectivity index (χ2v) is 6.59. The molecule has 0 N–H and O–H groups in total. The maximum absolute atomic E-state index is 13.9. The van der Waals surface area contributed by atoms with Crippen molar-refractivity contribution in [1.29, 1.82) is 0 Å². The molecule has 100 valence electrons. The third kappa shape index (κ3) is 3.26. The first-order valence-electron chi connectivity index (χ1n) is 6.18. The van der Waals surface area contributed by atoms with Gasteiger partial charge < -0.3 is 0 Å². The third-order valence-corrected chi connectivity index (χ3v) is 4.83. The fourth-order valence-corrected chi connectivity index (χ4v) is 3.62. The fourth-order valence-electron chi connectivity index (χ4n) is 1.97. The summed E-state index contributed by atoms with van der Waals surface area (Å²) in [6, 6.07) is 13.3. The Balaban J connectivity index is 2.36. The van der Waals surface area contributed by atoms with Crippen LogP contribution in [0.3, 0.4) is 0 Å². The van der Waals surface area contributed by atoms with Gasteiger partial charge in [0.05, 0.1) is 4.83 Å². The Bertz CT molecular complexity index is 541. The van der Waals surface area contributed by atoms with E-state index < -0.39 is 0 Å². The highest BCUT2D eigenvalue weighted by Crippen LogP contribution is 2.37. The minimum absolute atomic E-state index is 0.149. The van der Waals surface area contributed by atoms with Crippen molar-refractivity contribution in [3.63, 3.8) is 0 Å². The van der Waals surface area contributed by atoms with E-state index in [1.165, 1.54) is 11.6 Å². The fraction of sp³-hybridized carbons (Fsp3) is 0.250. The van der Waals surface area contributed by atoms with Crippen LogP contribution in [0.5, 0.6) is 0 Å². The number of hydrogen-bond donors (Lipinski definition) is 0. The quantitative estimate of drug-likeness (QED) is 0.552. The summed E-state index contributed by atoms with van der Waals surface area (Å²) in [5.74, 6) is 0.298. The molecule has 0 saturated heterocycles. The lowest BCUT2D eigenvalue weighted by molar-refractivity contribution is 0.612. The molecule has 2 aromatic carbocycles. The van der Waals surface area contributed by atoms with Crippen LogP contribution < -0.4 is 0 Å². The predicted octanol–water partition coefficient (Wildman–Crippen LogP) is 6.20. The van der Waals surface area contributed by atoms with Crippen molar-refractivity contribution in [2.75, 3.05) is 0 Å². The summed E-state index contributed by atoms with van der Waals surface area (Å²) < 4.78 is 14.7. The van der Waals surface area contributed by atoms with E-state index in [1.54, 1.807) is 6.07 Å². The molecule has 0 aliphatic rings. The van der Waals surface area contributed by atoms with Crippen LogP contribution in [0.25, 0.3) is 0 Å². The van der Waals surface area contributed by atoms with Gasteiger partial charge in [-0.3, -0.25) is 0 Å². The molecule has 0 spiro atoms. The number of alkyl halides is 1. The molecule has 0 radical (unpaired) electrons. The van der Waals surface area contributed by atoms with Gasteiger partial charge in [-0.15, -0.1) is 0 Å². The van der Waals surface area contributed by atoms with Crippen LogP contribution in [0.4, 0.5) is 4.39 Å². The van der Waals surface area contributed by atoms with E-state index in [0.717, 1.165) is 10.0 Å². The highest BCUT2D eigenvalue weighted by atomic mass is 79.9. The van der Waals surface area contributed by atoms with Crippen molar-refractivity contribution in [3.8, 4) is 0 Å². The van der Waals surface area contributed by atoms with Crippen LogP contribution in [-0.2, 0) is 0 Å². The molecule has 19 heavy (non-hydrogen) atoms. The van der Waals surface area contributed by atoms with Crippen molar-refractivity contribution < 1.29 is 4.39 Å². The van der Waals surface area contributed by atoms with Crippen LogP contribution in [0.2, 0.25) is 0 Å². The zero-order chi connectivity index (χ0) is 14.0. The van der Waals surface area contributed by atoms with E-state index >= 15 is 0 Å². The SMILES string of the molecule is CC(C)c1ccc(C(Br)c2c(F)cccc2Br)cc1. The molecular formula is C16H15Br2F. The average molecular weight is 386 g/mol. The maximum atomic E-state index is 13.9. The van der Waals surface area contributed by atoms with Gasteiger partial charge in [-0.2, -0.15) is 0 Å². The smallest absolute Gasteiger partial charge is 0.129 e. The molecule has 0 aliphatic carbocycles. The summed E-state index contributed by atoms with van der Waals surface area (Å²) >= 11 is 7.00. The molecule has 2 aromatic rings. The Kier molecular flexibility index (Phi) is 4.80. The minimum atomic E-state index is -0.204. The van der Waals surface area contributed by atoms with Gasteiger partial charge in [0.15, 0.2) is 0 Å². The standard InChI is InChI=1S/C16H15Br2F/c1-10(2)11-6-8-12(9-7-11)16(18)15-13(17)4-3-5-14(15)19/h3-10,16H,1-2H3. The summed E-state index contributed by atoms with van der Waals surface area (Å²) in [5.41, 5.74) is 2.98. The molecule has 0 bridgehead atoms. The van der Waals surface area contributed by atoms with Gasteiger partial charge in [-0.1, -0.05) is 76.0 Å². The van der Waals surface area contributed by atoms with Gasteiger partial charge in [0, 0.05) is 10.0 Å². The molecule has 3 heteroatoms. The molecule has 0 amide bonds. The van der Waals surface area contributed by atoms with E-state index in [9.17, 15) is 4.39 Å². The van der Waals surface area contributed by atoms with Crippen LogP contribution in [0.1, 0.15) is 41.3 Å². The Morgan fingerprint density at radius 1 is 0.947 bits per heavy atom. The van der Waals surface area contributed by atoms with Crippen LogP contribution in [0, 0.1) is 5.82 Å². The van der Waals surface area contributed by atoms with Gasteiger partial charge in [0.2, 0.25) is 0 Å². The maximum Gasteiger partial charge on any atom is 0.129 e. The molecule has 0 heterocycles. The summed E-state index contributed by atoms with van der Waals surface area (Å²) in [7, 11) is 0. The Labute approximate surface area is 130 Å². The molecule has 1 atom stereocenters. The molecular weight excluding hydrogens is 371 g/mol. The van der Waals surface area contributed by atoms with Gasteiger partial charge in [-0.25, -0.2) is 4.39 Å². The van der Waals surface area contributed by atoms with Crippen molar-refractivity contribution in [2.24, 2.45) is 0 Å². The lowest BCUT2D eigenvalue weighted by Gasteiger charge is -2.15. The topological polar surface area (TPSA) is 0 Å². The highest BCUT2D eigenvalue weighted by Gasteiger charge is 2.17. The summed E-state index contributed by atoms with van der Waals surface area (Å²) in [4.78, 5) is -0.149. The van der Waals surface area contributed by atoms with Gasteiger partial charge >= 0.3 is 0 Å². The lowest BCUT2D eigenvalue weighted by atomic mass is 9.98. The molecule has 2 rings (SSSR count). The van der Waals surface area contributed by atoms with E-state index in [2.05, 4.69) is 57.8 Å². The summed E-state index contributed by atoms with van der Waals surface area (Å²) in [6.07, 6.45) is 0. The average Bonchev–Trinajstić information content (AvgIpc) is 2.38. The van der Waals surface area contributed by atoms with E-state index in [0.29, 0.717) is 11.5 Å². The Morgan fingerprint density at radius 3 is 2.05 bits per heavy atom. The zero-order valence-corrected chi connectivity index (χ0v) is 14.0. The Morgan fingerprint density at radius 2 is 1.53 bits per heavy atom. The van der Waals surface area contributed by atoms with Crippen molar-refractivity contribution in [1.82, 2.24) is 0 Å². The third-order valence-electron chi connectivity index (χ3n) is 3.15. The van der Waals surface area contributed by atoms with Crippen molar-refractivity contribution in [3.05, 3.63) is 69.4 Å². The number of benzene rings is 2. The molecule has 0 fully saturated rings. The first-order valence-corrected chi connectivity index (χ1v) is 7.89. The van der Waals surface area contributed by atoms with Crippen LogP contribution >= 0.6 is 31.9 Å². The molecule has 0 nitrogen and oxygen atoms in total. The normalized spacial score (nSPS) is 12.7. The van der Waals surface area contributed by atoms with Crippen molar-refractivity contribution in [2.45, 2.75) is 24.6 Å². The van der Waals surface area contributed by atoms with E-state index in [1.807, 2.05) is 18.2 Å². The molecule has 0 aromatic heterocycles. The van der Waals surface area contributed by atoms with Gasteiger partial charge in [-0.05, 0) is 29.2 Å². The van der Waals surface area contributed by atoms with Gasteiger partial charge in [0.1, 0.15) is 5.82 Å². The number of rotatable bonds is 3. The predicted molar refractivity (Wildman–Crippen MR) is 85.4 cm³/mol. The summed E-state index contributed by atoms with van der Waals surface area (Å²) in [6.45, 7) is 4.32. The second-order valence-electron chi connectivity index (χ2n) is 4.82. The van der Waals surface area contributed by atoms with Crippen LogP contribution in [0.15, 0.2) is 46.9 Å². The largest absolute Gasteiger partial charge is 0.207 e. The second kappa shape index (κ2) is 6.19. The number of hydrogen-bond acceptors (Lipinski definition) is 0. The summed E-state index contributed by atoms with van der Waals surface area (Å²) in [5, 5.41) is 0. The molecule has 1 unspecified atom stereocenters. The monoisotopic (exact) mass is 384 g/mol. The minimum Gasteiger partial charge on any atom is -0.207 e. The lowest BCUT2D eigenvalue weighted by Crippen LogP contribution is -1.98. The number of halogens is 3. The van der Waals surface area contributed by atoms with Crippen LogP contribution in [-0.4, -0.2) is 0 Å². The highest BCUT2D eigenvalue weighted by molar-refractivity contribution is 9.11.